The third-order valence-corrected chi connectivity index (χ3v) is 1.50. The zero-order chi connectivity index (χ0) is 10.1. The second-order valence-corrected chi connectivity index (χ2v) is 2.80. The molecule has 0 amide bonds. The number of halogens is 1. The summed E-state index contributed by atoms with van der Waals surface area (Å²) in [5, 5.41) is 0. The number of hydrogen-bond donors (Lipinski definition) is 0. The summed E-state index contributed by atoms with van der Waals surface area (Å²) in [5.41, 5.74) is 2.47. The zero-order valence-corrected chi connectivity index (χ0v) is 8.39. The van der Waals surface area contributed by atoms with Gasteiger partial charge in [0.15, 0.2) is 0 Å². The molecule has 13 heavy (non-hydrogen) atoms. The van der Waals surface area contributed by atoms with Gasteiger partial charge in [-0.05, 0) is 18.9 Å². The molecule has 0 bridgehead atoms. The lowest BCUT2D eigenvalue weighted by molar-refractivity contribution is 0.487. The fraction of sp³-hybridized carbons (Fsp3) is 0.333. The molecule has 1 heteroatoms. The van der Waals surface area contributed by atoms with Crippen molar-refractivity contribution in [2.75, 3.05) is 6.67 Å². The summed E-state index contributed by atoms with van der Waals surface area (Å²) in [6.45, 7) is 7.36. The van der Waals surface area contributed by atoms with Gasteiger partial charge in [-0.25, -0.2) is 0 Å². The van der Waals surface area contributed by atoms with Crippen LogP contribution in [0.3, 0.4) is 0 Å². The average molecular weight is 180 g/mol. The molecular weight excluding hydrogens is 163 g/mol. The van der Waals surface area contributed by atoms with Crippen LogP contribution in [0.4, 0.5) is 4.39 Å². The van der Waals surface area contributed by atoms with E-state index in [1.807, 2.05) is 6.08 Å². The van der Waals surface area contributed by atoms with Crippen LogP contribution < -0.4 is 0 Å². The molecule has 0 fully saturated rings. The predicted molar refractivity (Wildman–Crippen MR) is 57.5 cm³/mol. The summed E-state index contributed by atoms with van der Waals surface area (Å²) in [6.07, 6.45) is 2.50. The predicted octanol–water partition coefficient (Wildman–Crippen LogP) is 4.00. The third kappa shape index (κ3) is 6.09. The summed E-state index contributed by atoms with van der Waals surface area (Å²) in [7, 11) is 0. The molecule has 0 heterocycles. The van der Waals surface area contributed by atoms with Gasteiger partial charge in [0.25, 0.3) is 0 Å². The van der Waals surface area contributed by atoms with Gasteiger partial charge in [-0.15, -0.1) is 0 Å². The van der Waals surface area contributed by atoms with Gasteiger partial charge in [0, 0.05) is 0 Å². The van der Waals surface area contributed by atoms with Gasteiger partial charge in [0.05, 0.1) is 6.67 Å². The lowest BCUT2D eigenvalue weighted by atomic mass is 10.2. The molecule has 0 atom stereocenters. The van der Waals surface area contributed by atoms with Gasteiger partial charge in [-0.1, -0.05) is 49.4 Å². The van der Waals surface area contributed by atoms with Crippen molar-refractivity contribution in [3.05, 3.63) is 42.0 Å². The van der Waals surface area contributed by atoms with Crippen LogP contribution in [0.2, 0.25) is 0 Å². The van der Waals surface area contributed by atoms with E-state index in [-0.39, 0.29) is 6.67 Å². The summed E-state index contributed by atoms with van der Waals surface area (Å²) in [4.78, 5) is 0. The highest BCUT2D eigenvalue weighted by atomic mass is 19.1. The highest BCUT2D eigenvalue weighted by Gasteiger charge is 1.82. The van der Waals surface area contributed by atoms with E-state index in [1.165, 1.54) is 11.1 Å². The molecule has 72 valence electrons. The minimum Gasteiger partial charge on any atom is -0.251 e. The van der Waals surface area contributed by atoms with Crippen LogP contribution >= 0.6 is 0 Å². The molecule has 0 saturated carbocycles. The van der Waals surface area contributed by atoms with E-state index >= 15 is 0 Å². The molecule has 1 rings (SSSR count). The lowest BCUT2D eigenvalue weighted by Crippen LogP contribution is -1.71. The van der Waals surface area contributed by atoms with E-state index < -0.39 is 0 Å². The Labute approximate surface area is 80.1 Å². The van der Waals surface area contributed by atoms with E-state index in [0.717, 1.165) is 0 Å². The van der Waals surface area contributed by atoms with E-state index in [4.69, 9.17) is 0 Å². The van der Waals surface area contributed by atoms with Gasteiger partial charge in [0.1, 0.15) is 0 Å². The SMILES string of the molecule is C=Cc1ccc(C)cc1.CCCF. The standard InChI is InChI=1S/C9H10.C3H7F/c1-3-9-6-4-8(2)5-7-9;1-2-3-4/h3-7H,1H2,2H3;2-3H2,1H3. The summed E-state index contributed by atoms with van der Waals surface area (Å²) in [5.74, 6) is 0. The number of hydrogen-bond acceptors (Lipinski definition) is 0. The largest absolute Gasteiger partial charge is 0.251 e. The van der Waals surface area contributed by atoms with Gasteiger partial charge in [-0.2, -0.15) is 0 Å². The highest BCUT2D eigenvalue weighted by molar-refractivity contribution is 5.46. The van der Waals surface area contributed by atoms with Gasteiger partial charge < -0.3 is 0 Å². The van der Waals surface area contributed by atoms with Crippen molar-refractivity contribution in [2.24, 2.45) is 0 Å². The molecule has 0 N–H and O–H groups in total. The third-order valence-electron chi connectivity index (χ3n) is 1.50. The van der Waals surface area contributed by atoms with Crippen molar-refractivity contribution in [2.45, 2.75) is 20.3 Å². The molecular formula is C12H17F. The monoisotopic (exact) mass is 180 g/mol. The summed E-state index contributed by atoms with van der Waals surface area (Å²) in [6, 6.07) is 8.28. The Morgan fingerprint density at radius 1 is 1.31 bits per heavy atom. The fourth-order valence-electron chi connectivity index (χ4n) is 0.703. The summed E-state index contributed by atoms with van der Waals surface area (Å²) < 4.78 is 10.7. The second-order valence-electron chi connectivity index (χ2n) is 2.80. The molecule has 0 saturated heterocycles. The average Bonchev–Trinajstić information content (AvgIpc) is 2.19. The first kappa shape index (κ1) is 11.9. The number of rotatable bonds is 2. The van der Waals surface area contributed by atoms with Gasteiger partial charge in [0.2, 0.25) is 0 Å². The molecule has 0 radical (unpaired) electrons. The van der Waals surface area contributed by atoms with Gasteiger partial charge in [-0.3, -0.25) is 4.39 Å². The van der Waals surface area contributed by atoms with Crippen LogP contribution in [-0.4, -0.2) is 6.67 Å². The van der Waals surface area contributed by atoms with Crippen LogP contribution in [0.1, 0.15) is 24.5 Å². The molecule has 0 aliphatic rings. The number of alkyl halides is 1. The van der Waals surface area contributed by atoms with Crippen molar-refractivity contribution < 1.29 is 4.39 Å². The van der Waals surface area contributed by atoms with Crippen LogP contribution in [0.5, 0.6) is 0 Å². The van der Waals surface area contributed by atoms with E-state index in [9.17, 15) is 4.39 Å². The maximum absolute atomic E-state index is 10.7. The fourth-order valence-corrected chi connectivity index (χ4v) is 0.703. The topological polar surface area (TPSA) is 0 Å². The molecule has 1 aromatic rings. The smallest absolute Gasteiger partial charge is 0.0891 e. The molecule has 0 nitrogen and oxygen atoms in total. The van der Waals surface area contributed by atoms with E-state index in [1.54, 1.807) is 6.92 Å². The van der Waals surface area contributed by atoms with Crippen molar-refractivity contribution in [3.63, 3.8) is 0 Å². The first-order valence-electron chi connectivity index (χ1n) is 4.49. The first-order chi connectivity index (χ1) is 6.24. The van der Waals surface area contributed by atoms with Crippen LogP contribution in [0.15, 0.2) is 30.8 Å². The maximum atomic E-state index is 10.7. The van der Waals surface area contributed by atoms with Crippen LogP contribution in [-0.2, 0) is 0 Å². The van der Waals surface area contributed by atoms with Crippen molar-refractivity contribution in [3.8, 4) is 0 Å². The Morgan fingerprint density at radius 3 is 2.08 bits per heavy atom. The Bertz CT molecular complexity index is 221. The van der Waals surface area contributed by atoms with E-state index in [0.29, 0.717) is 6.42 Å². The van der Waals surface area contributed by atoms with E-state index in [2.05, 4.69) is 37.8 Å². The van der Waals surface area contributed by atoms with Crippen molar-refractivity contribution in [1.29, 1.82) is 0 Å². The molecule has 0 aliphatic carbocycles. The Morgan fingerprint density at radius 2 is 1.77 bits per heavy atom. The number of benzene rings is 1. The Hall–Kier alpha value is -1.11. The zero-order valence-electron chi connectivity index (χ0n) is 8.39. The molecule has 0 unspecified atom stereocenters. The second kappa shape index (κ2) is 7.53. The normalized spacial score (nSPS) is 8.54. The Kier molecular flexibility index (Phi) is 6.89. The first-order valence-corrected chi connectivity index (χ1v) is 4.49. The maximum Gasteiger partial charge on any atom is 0.0891 e. The highest BCUT2D eigenvalue weighted by Crippen LogP contribution is 2.02. The molecule has 0 aliphatic heterocycles. The van der Waals surface area contributed by atoms with Crippen LogP contribution in [0, 0.1) is 6.92 Å². The van der Waals surface area contributed by atoms with Crippen molar-refractivity contribution >= 4 is 6.08 Å². The Balaban J connectivity index is 0.000000310. The lowest BCUT2D eigenvalue weighted by Gasteiger charge is -1.91. The summed E-state index contributed by atoms with van der Waals surface area (Å²) >= 11 is 0. The quantitative estimate of drug-likeness (QED) is 0.645. The van der Waals surface area contributed by atoms with Crippen LogP contribution in [0.25, 0.3) is 6.08 Å². The molecule has 1 aromatic carbocycles. The molecule has 0 spiro atoms. The van der Waals surface area contributed by atoms with Crippen molar-refractivity contribution in [1.82, 2.24) is 0 Å². The molecule has 0 aromatic heterocycles. The number of aryl methyl sites for hydroxylation is 1. The minimum atomic E-state index is -0.181. The van der Waals surface area contributed by atoms with Gasteiger partial charge >= 0.3 is 0 Å². The minimum absolute atomic E-state index is 0.181.